The molecule has 22 heavy (non-hydrogen) atoms. The lowest BCUT2D eigenvalue weighted by molar-refractivity contribution is -0.152. The SMILES string of the molecule is CCN1C(=O)CN(C(C)=O)C(=O)C1=Cc1ccc(OC)cc1. The number of rotatable bonds is 3. The summed E-state index contributed by atoms with van der Waals surface area (Å²) < 4.78 is 5.08. The largest absolute Gasteiger partial charge is 0.497 e. The van der Waals surface area contributed by atoms with E-state index in [4.69, 9.17) is 4.74 Å². The Balaban J connectivity index is 2.41. The van der Waals surface area contributed by atoms with Crippen molar-refractivity contribution in [1.29, 1.82) is 0 Å². The number of nitrogens with zero attached hydrogens (tertiary/aromatic N) is 2. The number of hydrogen-bond donors (Lipinski definition) is 0. The van der Waals surface area contributed by atoms with Crippen LogP contribution in [0.4, 0.5) is 0 Å². The Morgan fingerprint density at radius 1 is 1.27 bits per heavy atom. The molecule has 6 heteroatoms. The molecule has 0 radical (unpaired) electrons. The van der Waals surface area contributed by atoms with Gasteiger partial charge in [-0.05, 0) is 30.7 Å². The summed E-state index contributed by atoms with van der Waals surface area (Å²) >= 11 is 0. The van der Waals surface area contributed by atoms with Gasteiger partial charge in [-0.3, -0.25) is 19.3 Å². The molecule has 0 bridgehead atoms. The molecule has 0 spiro atoms. The van der Waals surface area contributed by atoms with E-state index in [0.717, 1.165) is 10.5 Å². The average Bonchev–Trinajstić information content (AvgIpc) is 2.51. The summed E-state index contributed by atoms with van der Waals surface area (Å²) in [5.41, 5.74) is 0.958. The number of carbonyl (C=O) groups is 3. The van der Waals surface area contributed by atoms with Crippen LogP contribution < -0.4 is 4.74 Å². The second-order valence-electron chi connectivity index (χ2n) is 4.85. The zero-order valence-electron chi connectivity index (χ0n) is 12.8. The van der Waals surface area contributed by atoms with Crippen LogP contribution in [0.2, 0.25) is 0 Å². The summed E-state index contributed by atoms with van der Waals surface area (Å²) in [7, 11) is 1.57. The third-order valence-corrected chi connectivity index (χ3v) is 3.47. The Kier molecular flexibility index (Phi) is 4.60. The second kappa shape index (κ2) is 6.43. The van der Waals surface area contributed by atoms with Gasteiger partial charge in [-0.15, -0.1) is 0 Å². The van der Waals surface area contributed by atoms with Gasteiger partial charge in [0.05, 0.1) is 7.11 Å². The van der Waals surface area contributed by atoms with Gasteiger partial charge >= 0.3 is 0 Å². The molecule has 6 nitrogen and oxygen atoms in total. The van der Waals surface area contributed by atoms with E-state index in [1.54, 1.807) is 44.4 Å². The Morgan fingerprint density at radius 3 is 2.41 bits per heavy atom. The summed E-state index contributed by atoms with van der Waals surface area (Å²) in [6, 6.07) is 7.09. The predicted octanol–water partition coefficient (Wildman–Crippen LogP) is 1.27. The molecule has 0 aliphatic carbocycles. The third kappa shape index (κ3) is 3.00. The van der Waals surface area contributed by atoms with Gasteiger partial charge in [-0.1, -0.05) is 12.1 Å². The summed E-state index contributed by atoms with van der Waals surface area (Å²) in [4.78, 5) is 38.4. The molecule has 0 unspecified atom stereocenters. The molecular formula is C16H18N2O4. The van der Waals surface area contributed by atoms with E-state index in [9.17, 15) is 14.4 Å². The van der Waals surface area contributed by atoms with E-state index in [-0.39, 0.29) is 18.1 Å². The number of likely N-dealkylation sites (N-methyl/N-ethyl adjacent to an activating group) is 1. The smallest absolute Gasteiger partial charge is 0.277 e. The summed E-state index contributed by atoms with van der Waals surface area (Å²) in [6.07, 6.45) is 1.61. The topological polar surface area (TPSA) is 66.9 Å². The number of hydrogen-bond acceptors (Lipinski definition) is 4. The van der Waals surface area contributed by atoms with Crippen molar-refractivity contribution in [3.63, 3.8) is 0 Å². The normalized spacial score (nSPS) is 17.1. The molecule has 0 N–H and O–H groups in total. The molecule has 3 amide bonds. The van der Waals surface area contributed by atoms with Crippen molar-refractivity contribution in [3.05, 3.63) is 35.5 Å². The molecule has 0 atom stereocenters. The standard InChI is InChI=1S/C16H18N2O4/c1-4-17-14(9-12-5-7-13(22-3)8-6-12)16(21)18(11(2)19)10-15(17)20/h5-9H,4,10H2,1-3H3. The summed E-state index contributed by atoms with van der Waals surface area (Å²) in [6.45, 7) is 3.23. The average molecular weight is 302 g/mol. The minimum atomic E-state index is -0.454. The fraction of sp³-hybridized carbons (Fsp3) is 0.312. The van der Waals surface area contributed by atoms with Crippen LogP contribution in [0.25, 0.3) is 6.08 Å². The van der Waals surface area contributed by atoms with Crippen molar-refractivity contribution in [1.82, 2.24) is 9.80 Å². The Labute approximate surface area is 129 Å². The monoisotopic (exact) mass is 302 g/mol. The fourth-order valence-electron chi connectivity index (χ4n) is 2.28. The molecule has 2 rings (SSSR count). The van der Waals surface area contributed by atoms with E-state index in [2.05, 4.69) is 0 Å². The van der Waals surface area contributed by atoms with Gasteiger partial charge in [-0.25, -0.2) is 0 Å². The predicted molar refractivity (Wildman–Crippen MR) is 80.8 cm³/mol. The van der Waals surface area contributed by atoms with Crippen LogP contribution in [0.15, 0.2) is 30.0 Å². The third-order valence-electron chi connectivity index (χ3n) is 3.47. The maximum absolute atomic E-state index is 12.4. The summed E-state index contributed by atoms with van der Waals surface area (Å²) in [5.74, 6) is -0.456. The molecule has 116 valence electrons. The van der Waals surface area contributed by atoms with Gasteiger partial charge in [0.15, 0.2) is 0 Å². The first kappa shape index (κ1) is 15.8. The maximum atomic E-state index is 12.4. The number of carbonyl (C=O) groups excluding carboxylic acids is 3. The molecule has 1 heterocycles. The maximum Gasteiger partial charge on any atom is 0.277 e. The van der Waals surface area contributed by atoms with Crippen molar-refractivity contribution in [3.8, 4) is 5.75 Å². The van der Waals surface area contributed by atoms with E-state index in [1.165, 1.54) is 11.8 Å². The molecule has 1 aromatic carbocycles. The number of ether oxygens (including phenoxy) is 1. The highest BCUT2D eigenvalue weighted by atomic mass is 16.5. The lowest BCUT2D eigenvalue weighted by Gasteiger charge is -2.33. The van der Waals surface area contributed by atoms with Crippen molar-refractivity contribution in [2.75, 3.05) is 20.2 Å². The van der Waals surface area contributed by atoms with Crippen molar-refractivity contribution in [2.24, 2.45) is 0 Å². The molecular weight excluding hydrogens is 284 g/mol. The van der Waals surface area contributed by atoms with Gasteiger partial charge in [0, 0.05) is 13.5 Å². The first-order valence-corrected chi connectivity index (χ1v) is 6.96. The Hall–Kier alpha value is -2.63. The highest BCUT2D eigenvalue weighted by molar-refractivity contribution is 6.12. The van der Waals surface area contributed by atoms with Crippen LogP contribution in [0, 0.1) is 0 Å². The molecule has 0 saturated carbocycles. The van der Waals surface area contributed by atoms with Crippen LogP contribution in [0.3, 0.4) is 0 Å². The van der Waals surface area contributed by atoms with E-state index < -0.39 is 11.8 Å². The molecule has 1 aromatic rings. The quantitative estimate of drug-likeness (QED) is 0.789. The molecule has 1 fully saturated rings. The zero-order valence-corrected chi connectivity index (χ0v) is 12.8. The van der Waals surface area contributed by atoms with Crippen LogP contribution >= 0.6 is 0 Å². The van der Waals surface area contributed by atoms with Crippen molar-refractivity contribution in [2.45, 2.75) is 13.8 Å². The first-order valence-electron chi connectivity index (χ1n) is 6.96. The van der Waals surface area contributed by atoms with Crippen LogP contribution in [-0.2, 0) is 14.4 Å². The highest BCUT2D eigenvalue weighted by Gasteiger charge is 2.35. The molecule has 1 aliphatic heterocycles. The lowest BCUT2D eigenvalue weighted by Crippen LogP contribution is -2.53. The van der Waals surface area contributed by atoms with Crippen LogP contribution in [-0.4, -0.2) is 47.7 Å². The van der Waals surface area contributed by atoms with E-state index in [0.29, 0.717) is 12.3 Å². The highest BCUT2D eigenvalue weighted by Crippen LogP contribution is 2.21. The molecule has 1 saturated heterocycles. The lowest BCUT2D eigenvalue weighted by atomic mass is 10.1. The number of benzene rings is 1. The van der Waals surface area contributed by atoms with Crippen LogP contribution in [0.1, 0.15) is 19.4 Å². The molecule has 1 aliphatic rings. The van der Waals surface area contributed by atoms with Gasteiger partial charge in [0.2, 0.25) is 11.8 Å². The van der Waals surface area contributed by atoms with E-state index >= 15 is 0 Å². The number of methoxy groups -OCH3 is 1. The summed E-state index contributed by atoms with van der Waals surface area (Å²) in [5, 5.41) is 0. The first-order chi connectivity index (χ1) is 10.5. The molecule has 0 aromatic heterocycles. The van der Waals surface area contributed by atoms with Gasteiger partial charge in [0.25, 0.3) is 5.91 Å². The fourth-order valence-corrected chi connectivity index (χ4v) is 2.28. The van der Waals surface area contributed by atoms with Gasteiger partial charge in [0.1, 0.15) is 18.0 Å². The van der Waals surface area contributed by atoms with Gasteiger partial charge < -0.3 is 9.64 Å². The Bertz CT molecular complexity index is 634. The van der Waals surface area contributed by atoms with Crippen molar-refractivity contribution < 1.29 is 19.1 Å². The van der Waals surface area contributed by atoms with Crippen molar-refractivity contribution >= 4 is 23.8 Å². The number of amides is 3. The zero-order chi connectivity index (χ0) is 16.3. The van der Waals surface area contributed by atoms with Crippen LogP contribution in [0.5, 0.6) is 5.75 Å². The number of piperazine rings is 1. The Morgan fingerprint density at radius 2 is 1.91 bits per heavy atom. The minimum Gasteiger partial charge on any atom is -0.497 e. The second-order valence-corrected chi connectivity index (χ2v) is 4.85. The van der Waals surface area contributed by atoms with E-state index in [1.807, 2.05) is 0 Å². The van der Waals surface area contributed by atoms with Gasteiger partial charge in [-0.2, -0.15) is 0 Å². The minimum absolute atomic E-state index is 0.206. The number of imide groups is 1.